The molecule has 5 nitrogen and oxygen atoms in total. The molecular weight excluding hydrogens is 424 g/mol. The molecule has 4 aromatic rings. The Bertz CT molecular complexity index is 1170. The van der Waals surface area contributed by atoms with Crippen molar-refractivity contribution in [1.82, 2.24) is 19.3 Å². The minimum atomic E-state index is -0.0490. The SMILES string of the molecule is O=c1cc(CN2CCC[C@H]2c2nc3ccccc3s2)nc2ccc(Br)cn12. The van der Waals surface area contributed by atoms with E-state index in [0.717, 1.165) is 40.1 Å². The van der Waals surface area contributed by atoms with E-state index in [9.17, 15) is 4.79 Å². The molecule has 1 atom stereocenters. The third-order valence-corrected chi connectivity index (χ3v) is 6.61. The van der Waals surface area contributed by atoms with Crippen LogP contribution in [-0.4, -0.2) is 25.8 Å². The molecule has 1 aliphatic heterocycles. The molecule has 0 aliphatic carbocycles. The third-order valence-electron chi connectivity index (χ3n) is 5.00. The van der Waals surface area contributed by atoms with Crippen molar-refractivity contribution in [3.63, 3.8) is 0 Å². The maximum Gasteiger partial charge on any atom is 0.258 e. The molecule has 0 radical (unpaired) electrons. The number of aromatic nitrogens is 3. The van der Waals surface area contributed by atoms with Gasteiger partial charge < -0.3 is 0 Å². The van der Waals surface area contributed by atoms with Gasteiger partial charge in [0.2, 0.25) is 0 Å². The average molecular weight is 441 g/mol. The predicted molar refractivity (Wildman–Crippen MR) is 111 cm³/mol. The highest BCUT2D eigenvalue weighted by Gasteiger charge is 2.29. The number of rotatable bonds is 3. The molecule has 5 rings (SSSR count). The third kappa shape index (κ3) is 3.20. The first-order valence-corrected chi connectivity index (χ1v) is 10.6. The first-order valence-electron chi connectivity index (χ1n) is 8.95. The van der Waals surface area contributed by atoms with Gasteiger partial charge in [-0.3, -0.25) is 14.1 Å². The van der Waals surface area contributed by atoms with Crippen LogP contribution in [0.2, 0.25) is 0 Å². The summed E-state index contributed by atoms with van der Waals surface area (Å²) in [5.74, 6) is 0. The summed E-state index contributed by atoms with van der Waals surface area (Å²) in [5, 5.41) is 1.16. The van der Waals surface area contributed by atoms with E-state index in [-0.39, 0.29) is 5.56 Å². The molecule has 1 fully saturated rings. The van der Waals surface area contributed by atoms with Crippen LogP contribution in [-0.2, 0) is 6.54 Å². The molecule has 0 N–H and O–H groups in total. The Labute approximate surface area is 168 Å². The van der Waals surface area contributed by atoms with Crippen LogP contribution in [0.4, 0.5) is 0 Å². The summed E-state index contributed by atoms with van der Waals surface area (Å²) in [6.45, 7) is 1.67. The van der Waals surface area contributed by atoms with Gasteiger partial charge in [-0.15, -0.1) is 11.3 Å². The Morgan fingerprint density at radius 3 is 2.96 bits per heavy atom. The first kappa shape index (κ1) is 17.0. The number of fused-ring (bicyclic) bond motifs is 2. The molecule has 1 aromatic carbocycles. The lowest BCUT2D eigenvalue weighted by Gasteiger charge is -2.22. The molecule has 4 heterocycles. The zero-order chi connectivity index (χ0) is 18.4. The summed E-state index contributed by atoms with van der Waals surface area (Å²) in [6.07, 6.45) is 3.99. The fourth-order valence-corrected chi connectivity index (χ4v) is 5.22. The topological polar surface area (TPSA) is 50.5 Å². The Hall–Kier alpha value is -2.09. The summed E-state index contributed by atoms with van der Waals surface area (Å²) in [6, 6.07) is 14.0. The van der Waals surface area contributed by atoms with Crippen LogP contribution in [0.1, 0.15) is 29.6 Å². The Balaban J connectivity index is 1.46. The normalized spacial score (nSPS) is 17.9. The van der Waals surface area contributed by atoms with Gasteiger partial charge in [-0.05, 0) is 59.6 Å². The van der Waals surface area contributed by atoms with E-state index in [2.05, 4.69) is 39.0 Å². The monoisotopic (exact) mass is 440 g/mol. The summed E-state index contributed by atoms with van der Waals surface area (Å²) < 4.78 is 3.66. The highest BCUT2D eigenvalue weighted by Crippen LogP contribution is 2.37. The van der Waals surface area contributed by atoms with Crippen molar-refractivity contribution in [1.29, 1.82) is 0 Å². The fourth-order valence-electron chi connectivity index (χ4n) is 3.74. The van der Waals surface area contributed by atoms with Crippen molar-refractivity contribution in [3.05, 3.63) is 74.2 Å². The largest absolute Gasteiger partial charge is 0.288 e. The second kappa shape index (κ2) is 6.82. The smallest absolute Gasteiger partial charge is 0.258 e. The van der Waals surface area contributed by atoms with Crippen molar-refractivity contribution in [3.8, 4) is 0 Å². The molecule has 0 saturated carbocycles. The van der Waals surface area contributed by atoms with Crippen LogP contribution in [0.3, 0.4) is 0 Å². The molecule has 0 spiro atoms. The Morgan fingerprint density at radius 1 is 1.19 bits per heavy atom. The number of para-hydroxylation sites is 1. The lowest BCUT2D eigenvalue weighted by Crippen LogP contribution is -2.25. The van der Waals surface area contributed by atoms with Crippen LogP contribution >= 0.6 is 27.3 Å². The van der Waals surface area contributed by atoms with Crippen LogP contribution in [0.15, 0.2) is 57.9 Å². The quantitative estimate of drug-likeness (QED) is 0.473. The number of nitrogens with zero attached hydrogens (tertiary/aromatic N) is 4. The molecular formula is C20H17BrN4OS. The van der Waals surface area contributed by atoms with E-state index in [4.69, 9.17) is 9.97 Å². The number of hydrogen-bond acceptors (Lipinski definition) is 5. The van der Waals surface area contributed by atoms with Gasteiger partial charge in [0.25, 0.3) is 5.56 Å². The lowest BCUT2D eigenvalue weighted by atomic mass is 10.2. The van der Waals surface area contributed by atoms with E-state index in [1.165, 1.54) is 4.70 Å². The minimum absolute atomic E-state index is 0.0490. The van der Waals surface area contributed by atoms with E-state index < -0.39 is 0 Å². The van der Waals surface area contributed by atoms with Crippen molar-refractivity contribution in [2.45, 2.75) is 25.4 Å². The van der Waals surface area contributed by atoms with Gasteiger partial charge in [-0.2, -0.15) is 0 Å². The molecule has 1 aliphatic rings. The fraction of sp³-hybridized carbons (Fsp3) is 0.250. The van der Waals surface area contributed by atoms with Crippen molar-refractivity contribution < 1.29 is 0 Å². The molecule has 3 aromatic heterocycles. The van der Waals surface area contributed by atoms with E-state index in [0.29, 0.717) is 18.2 Å². The summed E-state index contributed by atoms with van der Waals surface area (Å²) >= 11 is 5.17. The zero-order valence-corrected chi connectivity index (χ0v) is 16.9. The summed E-state index contributed by atoms with van der Waals surface area (Å²) in [5.41, 5.74) is 2.51. The van der Waals surface area contributed by atoms with E-state index in [1.807, 2.05) is 18.2 Å². The van der Waals surface area contributed by atoms with Crippen molar-refractivity contribution in [2.75, 3.05) is 6.54 Å². The highest BCUT2D eigenvalue weighted by molar-refractivity contribution is 9.10. The van der Waals surface area contributed by atoms with Gasteiger partial charge in [0, 0.05) is 23.3 Å². The maximum atomic E-state index is 12.5. The Morgan fingerprint density at radius 2 is 2.07 bits per heavy atom. The van der Waals surface area contributed by atoms with Gasteiger partial charge in [-0.1, -0.05) is 12.1 Å². The molecule has 27 heavy (non-hydrogen) atoms. The van der Waals surface area contributed by atoms with E-state index in [1.54, 1.807) is 28.0 Å². The van der Waals surface area contributed by atoms with E-state index >= 15 is 0 Å². The molecule has 1 saturated heterocycles. The van der Waals surface area contributed by atoms with Crippen LogP contribution in [0, 0.1) is 0 Å². The standard InChI is InChI=1S/C20H17BrN4OS/c21-13-7-8-18-22-14(10-19(26)25(18)11-13)12-24-9-3-5-16(24)20-23-15-4-1-2-6-17(15)27-20/h1-2,4,6-8,10-11,16H,3,5,9,12H2/t16-/m0/s1. The van der Waals surface area contributed by atoms with Gasteiger partial charge in [0.1, 0.15) is 10.7 Å². The number of benzene rings is 1. The van der Waals surface area contributed by atoms with Crippen LogP contribution < -0.4 is 5.56 Å². The predicted octanol–water partition coefficient (Wildman–Crippen LogP) is 4.40. The molecule has 0 unspecified atom stereocenters. The maximum absolute atomic E-state index is 12.5. The number of halogens is 1. The second-order valence-corrected chi connectivity index (χ2v) is 8.79. The van der Waals surface area contributed by atoms with Gasteiger partial charge >= 0.3 is 0 Å². The number of hydrogen-bond donors (Lipinski definition) is 0. The highest BCUT2D eigenvalue weighted by atomic mass is 79.9. The molecule has 136 valence electrons. The van der Waals surface area contributed by atoms with Gasteiger partial charge in [-0.25, -0.2) is 9.97 Å². The van der Waals surface area contributed by atoms with Crippen LogP contribution in [0.25, 0.3) is 15.9 Å². The van der Waals surface area contributed by atoms with Crippen molar-refractivity contribution in [2.24, 2.45) is 0 Å². The average Bonchev–Trinajstić information content (AvgIpc) is 3.28. The van der Waals surface area contributed by atoms with Crippen LogP contribution in [0.5, 0.6) is 0 Å². The first-order chi connectivity index (χ1) is 13.2. The second-order valence-electron chi connectivity index (χ2n) is 6.81. The summed E-state index contributed by atoms with van der Waals surface area (Å²) in [4.78, 5) is 24.4. The number of likely N-dealkylation sites (tertiary alicyclic amines) is 1. The van der Waals surface area contributed by atoms with Gasteiger partial charge in [0.15, 0.2) is 0 Å². The summed E-state index contributed by atoms with van der Waals surface area (Å²) in [7, 11) is 0. The van der Waals surface area contributed by atoms with Crippen molar-refractivity contribution >= 4 is 43.1 Å². The Kier molecular flexibility index (Phi) is 4.30. The number of pyridine rings is 1. The lowest BCUT2D eigenvalue weighted by molar-refractivity contribution is 0.245. The number of thiazole rings is 1. The zero-order valence-electron chi connectivity index (χ0n) is 14.5. The minimum Gasteiger partial charge on any atom is -0.288 e. The molecule has 0 amide bonds. The van der Waals surface area contributed by atoms with Gasteiger partial charge in [0.05, 0.1) is 22.0 Å². The molecule has 0 bridgehead atoms. The molecule has 7 heteroatoms.